The minimum atomic E-state index is -1.64. The van der Waals surface area contributed by atoms with Crippen LogP contribution in [0.1, 0.15) is 50.7 Å². The third-order valence-corrected chi connectivity index (χ3v) is 6.94. The Morgan fingerprint density at radius 3 is 2.57 bits per heavy atom. The van der Waals surface area contributed by atoms with Gasteiger partial charge in [-0.1, -0.05) is 62.2 Å². The monoisotopic (exact) mass is 522 g/mol. The van der Waals surface area contributed by atoms with E-state index >= 15 is 8.78 Å². The maximum Gasteiger partial charge on any atom is 0.237 e. The number of nitriles is 1. The van der Waals surface area contributed by atoms with Gasteiger partial charge in [-0.25, -0.2) is 8.78 Å². The van der Waals surface area contributed by atoms with E-state index in [1.807, 2.05) is 20.8 Å². The number of amides is 1. The summed E-state index contributed by atoms with van der Waals surface area (Å²) in [7, 11) is 0. The quantitative estimate of drug-likeness (QED) is 0.443. The van der Waals surface area contributed by atoms with Crippen molar-refractivity contribution < 1.29 is 13.6 Å². The number of hydrogen-bond donors (Lipinski definition) is 3. The summed E-state index contributed by atoms with van der Waals surface area (Å²) in [6.07, 6.45) is 0.961. The van der Waals surface area contributed by atoms with Gasteiger partial charge in [0, 0.05) is 29.1 Å². The Bertz CT molecular complexity index is 1130. The van der Waals surface area contributed by atoms with Gasteiger partial charge in [0.05, 0.1) is 17.1 Å². The Kier molecular flexibility index (Phi) is 8.44. The summed E-state index contributed by atoms with van der Waals surface area (Å²) >= 11 is 12.1. The number of halogens is 4. The lowest BCUT2D eigenvalue weighted by molar-refractivity contribution is -0.123. The Morgan fingerprint density at radius 2 is 1.97 bits per heavy atom. The molecule has 0 bridgehead atoms. The highest BCUT2D eigenvalue weighted by atomic mass is 35.5. The highest BCUT2D eigenvalue weighted by molar-refractivity contribution is 6.31. The smallest absolute Gasteiger partial charge is 0.237 e. The number of rotatable bonds is 7. The van der Waals surface area contributed by atoms with Crippen LogP contribution in [0.5, 0.6) is 0 Å². The molecule has 5 nitrogen and oxygen atoms in total. The first-order valence-corrected chi connectivity index (χ1v) is 12.3. The van der Waals surface area contributed by atoms with E-state index in [1.165, 1.54) is 24.3 Å². The Hall–Kier alpha value is -2.24. The number of benzene rings is 2. The van der Waals surface area contributed by atoms with Crippen LogP contribution in [0.25, 0.3) is 0 Å². The van der Waals surface area contributed by atoms with Gasteiger partial charge in [0.25, 0.3) is 0 Å². The zero-order valence-electron chi connectivity index (χ0n) is 20.0. The van der Waals surface area contributed by atoms with Crippen LogP contribution in [0.4, 0.5) is 8.78 Å². The molecule has 1 aliphatic rings. The first-order valence-electron chi connectivity index (χ1n) is 11.5. The minimum absolute atomic E-state index is 0.0489. The molecule has 0 radical (unpaired) electrons. The van der Waals surface area contributed by atoms with E-state index in [2.05, 4.69) is 16.7 Å². The molecule has 0 aromatic heterocycles. The maximum absolute atomic E-state index is 15.5. The van der Waals surface area contributed by atoms with E-state index in [9.17, 15) is 10.1 Å². The lowest BCUT2D eigenvalue weighted by Crippen LogP contribution is -2.46. The van der Waals surface area contributed by atoms with Gasteiger partial charge in [-0.05, 0) is 48.6 Å². The van der Waals surface area contributed by atoms with E-state index < -0.39 is 41.0 Å². The summed E-state index contributed by atoms with van der Waals surface area (Å²) in [5.74, 6) is -2.94. The van der Waals surface area contributed by atoms with Gasteiger partial charge in [-0.15, -0.1) is 0 Å². The minimum Gasteiger partial charge on any atom is -0.355 e. The highest BCUT2D eigenvalue weighted by Gasteiger charge is 2.61. The fourth-order valence-electron chi connectivity index (χ4n) is 4.98. The normalized spacial score (nSPS) is 24.3. The summed E-state index contributed by atoms with van der Waals surface area (Å²) in [4.78, 5) is 13.4. The summed E-state index contributed by atoms with van der Waals surface area (Å²) in [6.45, 7) is 6.66. The van der Waals surface area contributed by atoms with Crippen molar-refractivity contribution >= 4 is 29.1 Å². The van der Waals surface area contributed by atoms with Crippen LogP contribution < -0.4 is 16.4 Å². The van der Waals surface area contributed by atoms with E-state index in [0.29, 0.717) is 25.9 Å². The SMILES string of the molecule is CC(C)(C)CC1NC(C(=O)NCCCN)C(c2cccc(Cl)c2F)C1(C#N)c1ccc(Cl)cc1F. The van der Waals surface area contributed by atoms with Crippen molar-refractivity contribution in [2.24, 2.45) is 11.1 Å². The molecule has 1 heterocycles. The first-order chi connectivity index (χ1) is 16.5. The molecule has 188 valence electrons. The molecule has 2 aromatic carbocycles. The second kappa shape index (κ2) is 10.8. The lowest BCUT2D eigenvalue weighted by Gasteiger charge is -2.37. The second-order valence-corrected chi connectivity index (χ2v) is 11.0. The van der Waals surface area contributed by atoms with Crippen molar-refractivity contribution in [2.45, 2.75) is 57.0 Å². The molecule has 1 amide bonds. The molecule has 35 heavy (non-hydrogen) atoms. The third-order valence-electron chi connectivity index (χ3n) is 6.41. The fraction of sp³-hybridized carbons (Fsp3) is 0.462. The molecule has 4 atom stereocenters. The van der Waals surface area contributed by atoms with Crippen molar-refractivity contribution in [3.8, 4) is 6.07 Å². The largest absolute Gasteiger partial charge is 0.355 e. The van der Waals surface area contributed by atoms with Crippen LogP contribution >= 0.6 is 23.2 Å². The molecule has 0 aliphatic carbocycles. The predicted molar refractivity (Wildman–Crippen MR) is 134 cm³/mol. The standard InChI is InChI=1S/C26H30Cl2F2N4O/c1-25(2,3)13-20-26(14-32,17-9-8-15(27)12-19(17)29)21(16-6-4-7-18(28)22(16)30)23(34-20)24(35)33-11-5-10-31/h4,6-9,12,20-21,23,34H,5,10-11,13,31H2,1-3H3,(H,33,35). The Labute approximate surface area is 215 Å². The number of carbonyl (C=O) groups excluding carboxylic acids is 1. The molecule has 1 saturated heterocycles. The fourth-order valence-corrected chi connectivity index (χ4v) is 5.32. The van der Waals surface area contributed by atoms with Crippen molar-refractivity contribution in [3.63, 3.8) is 0 Å². The van der Waals surface area contributed by atoms with Gasteiger partial charge in [-0.2, -0.15) is 5.26 Å². The number of hydrogen-bond acceptors (Lipinski definition) is 4. The van der Waals surface area contributed by atoms with Crippen LogP contribution in [0, 0.1) is 28.4 Å². The van der Waals surface area contributed by atoms with Crippen LogP contribution in [-0.2, 0) is 10.2 Å². The molecular formula is C26H30Cl2F2N4O. The highest BCUT2D eigenvalue weighted by Crippen LogP contribution is 2.52. The van der Waals surface area contributed by atoms with Gasteiger partial charge in [0.2, 0.25) is 5.91 Å². The molecule has 0 saturated carbocycles. The molecule has 9 heteroatoms. The zero-order valence-corrected chi connectivity index (χ0v) is 21.5. The molecule has 2 aromatic rings. The van der Waals surface area contributed by atoms with E-state index in [0.717, 1.165) is 6.07 Å². The molecule has 4 unspecified atom stereocenters. The van der Waals surface area contributed by atoms with Gasteiger partial charge >= 0.3 is 0 Å². The van der Waals surface area contributed by atoms with Crippen molar-refractivity contribution in [1.82, 2.24) is 10.6 Å². The molecule has 1 fully saturated rings. The number of carbonyl (C=O) groups is 1. The van der Waals surface area contributed by atoms with Crippen molar-refractivity contribution in [3.05, 3.63) is 69.2 Å². The van der Waals surface area contributed by atoms with Crippen molar-refractivity contribution in [1.29, 1.82) is 5.26 Å². The average molecular weight is 523 g/mol. The third kappa shape index (κ3) is 5.46. The van der Waals surface area contributed by atoms with Crippen LogP contribution in [-0.4, -0.2) is 31.1 Å². The molecular weight excluding hydrogens is 493 g/mol. The van der Waals surface area contributed by atoms with Gasteiger partial charge in [-0.3, -0.25) is 4.79 Å². The van der Waals surface area contributed by atoms with Crippen LogP contribution in [0.2, 0.25) is 10.0 Å². The van der Waals surface area contributed by atoms with Crippen LogP contribution in [0.3, 0.4) is 0 Å². The van der Waals surface area contributed by atoms with E-state index in [4.69, 9.17) is 28.9 Å². The van der Waals surface area contributed by atoms with Gasteiger partial charge in [0.15, 0.2) is 0 Å². The molecule has 3 rings (SSSR count). The predicted octanol–water partition coefficient (Wildman–Crippen LogP) is 5.06. The molecule has 4 N–H and O–H groups in total. The van der Waals surface area contributed by atoms with Gasteiger partial charge in [0.1, 0.15) is 17.0 Å². The number of nitrogens with one attached hydrogen (secondary N) is 2. The van der Waals surface area contributed by atoms with Crippen LogP contribution in [0.15, 0.2) is 36.4 Å². The Morgan fingerprint density at radius 1 is 1.26 bits per heavy atom. The average Bonchev–Trinajstić information content (AvgIpc) is 3.08. The number of nitrogens with two attached hydrogens (primary N) is 1. The lowest BCUT2D eigenvalue weighted by atomic mass is 9.62. The van der Waals surface area contributed by atoms with E-state index in [1.54, 1.807) is 6.07 Å². The summed E-state index contributed by atoms with van der Waals surface area (Å²) in [6, 6.07) is 9.12. The summed E-state index contributed by atoms with van der Waals surface area (Å²) in [5.41, 5.74) is 3.74. The number of nitrogens with zero attached hydrogens (tertiary/aromatic N) is 1. The zero-order chi connectivity index (χ0) is 26.0. The maximum atomic E-state index is 15.5. The topological polar surface area (TPSA) is 90.9 Å². The molecule has 1 aliphatic heterocycles. The summed E-state index contributed by atoms with van der Waals surface area (Å²) < 4.78 is 31.0. The van der Waals surface area contributed by atoms with Gasteiger partial charge < -0.3 is 16.4 Å². The van der Waals surface area contributed by atoms with Crippen molar-refractivity contribution in [2.75, 3.05) is 13.1 Å². The first kappa shape index (κ1) is 27.3. The Balaban J connectivity index is 2.30. The summed E-state index contributed by atoms with van der Waals surface area (Å²) in [5, 5.41) is 16.9. The second-order valence-electron chi connectivity index (χ2n) is 10.1. The molecule has 0 spiro atoms. The van der Waals surface area contributed by atoms with E-state index in [-0.39, 0.29) is 26.6 Å².